The van der Waals surface area contributed by atoms with E-state index >= 15 is 0 Å². The summed E-state index contributed by atoms with van der Waals surface area (Å²) in [6.07, 6.45) is 2.83. The summed E-state index contributed by atoms with van der Waals surface area (Å²) in [5.41, 5.74) is 9.14. The molecule has 4 nitrogen and oxygen atoms in total. The van der Waals surface area contributed by atoms with Gasteiger partial charge in [-0.05, 0) is 35.6 Å². The summed E-state index contributed by atoms with van der Waals surface area (Å²) >= 11 is 0. The second-order valence-electron chi connectivity index (χ2n) is 5.36. The van der Waals surface area contributed by atoms with Gasteiger partial charge in [0, 0.05) is 17.3 Å². The molecule has 0 bridgehead atoms. The van der Waals surface area contributed by atoms with Crippen molar-refractivity contribution in [3.63, 3.8) is 0 Å². The first-order valence-electron chi connectivity index (χ1n) is 7.75. The second kappa shape index (κ2) is 6.92. The third-order valence-electron chi connectivity index (χ3n) is 3.79. The van der Waals surface area contributed by atoms with Gasteiger partial charge in [-0.1, -0.05) is 43.3 Å². The fourth-order valence-electron chi connectivity index (χ4n) is 2.48. The lowest BCUT2D eigenvalue weighted by atomic mass is 10.1. The number of aromatic nitrogens is 1. The molecule has 3 rings (SSSR count). The first kappa shape index (κ1) is 15.0. The molecule has 0 atom stereocenters. The zero-order chi connectivity index (χ0) is 16.1. The molecule has 1 aromatic heterocycles. The van der Waals surface area contributed by atoms with Crippen LogP contribution in [0.5, 0.6) is 0 Å². The molecule has 0 amide bonds. The maximum Gasteiger partial charge on any atom is 0.193 e. The van der Waals surface area contributed by atoms with Gasteiger partial charge in [0.1, 0.15) is 0 Å². The highest BCUT2D eigenvalue weighted by Gasteiger charge is 2.02. The first-order valence-corrected chi connectivity index (χ1v) is 7.75. The summed E-state index contributed by atoms with van der Waals surface area (Å²) in [6, 6.07) is 18.3. The van der Waals surface area contributed by atoms with Crippen molar-refractivity contribution in [1.82, 2.24) is 4.98 Å². The number of pyridine rings is 1. The Bertz CT molecular complexity index is 817. The molecule has 3 N–H and O–H groups in total. The Morgan fingerprint density at radius 1 is 1.09 bits per heavy atom. The fourth-order valence-corrected chi connectivity index (χ4v) is 2.48. The molecular formula is C19H20N4. The van der Waals surface area contributed by atoms with Gasteiger partial charge in [-0.15, -0.1) is 0 Å². The van der Waals surface area contributed by atoms with Gasteiger partial charge in [0.2, 0.25) is 0 Å². The van der Waals surface area contributed by atoms with Crippen LogP contribution in [0.4, 0.5) is 5.69 Å². The van der Waals surface area contributed by atoms with E-state index in [0.29, 0.717) is 12.5 Å². The summed E-state index contributed by atoms with van der Waals surface area (Å²) in [5, 5.41) is 5.38. The van der Waals surface area contributed by atoms with Crippen LogP contribution in [0.25, 0.3) is 10.8 Å². The third kappa shape index (κ3) is 3.66. The lowest BCUT2D eigenvalue weighted by molar-refractivity contribution is 1.00. The number of rotatable bonds is 4. The monoisotopic (exact) mass is 304 g/mol. The number of nitrogens with zero attached hydrogens (tertiary/aromatic N) is 2. The molecule has 0 spiro atoms. The molecule has 0 fully saturated rings. The number of guanidine groups is 1. The van der Waals surface area contributed by atoms with Crippen molar-refractivity contribution in [2.24, 2.45) is 10.7 Å². The predicted octanol–water partition coefficient (Wildman–Crippen LogP) is 3.72. The minimum Gasteiger partial charge on any atom is -0.370 e. The standard InChI is InChI=1S/C19H20N4/c1-2-14-7-9-16(10-8-14)23-19(20)22-13-18-17-6-4-3-5-15(17)11-12-21-18/h3-12H,2,13H2,1H3,(H3,20,22,23). The van der Waals surface area contributed by atoms with E-state index in [4.69, 9.17) is 5.73 Å². The summed E-state index contributed by atoms with van der Waals surface area (Å²) < 4.78 is 0. The van der Waals surface area contributed by atoms with E-state index in [-0.39, 0.29) is 0 Å². The molecule has 0 aliphatic rings. The summed E-state index contributed by atoms with van der Waals surface area (Å²) in [5.74, 6) is 0.393. The molecule has 23 heavy (non-hydrogen) atoms. The number of benzene rings is 2. The number of hydrogen-bond acceptors (Lipinski definition) is 2. The van der Waals surface area contributed by atoms with Crippen LogP contribution < -0.4 is 11.1 Å². The molecule has 1 heterocycles. The van der Waals surface area contributed by atoms with Crippen LogP contribution in [0.3, 0.4) is 0 Å². The van der Waals surface area contributed by atoms with Crippen molar-refractivity contribution in [1.29, 1.82) is 0 Å². The van der Waals surface area contributed by atoms with Crippen molar-refractivity contribution in [3.8, 4) is 0 Å². The van der Waals surface area contributed by atoms with Crippen LogP contribution in [0.15, 0.2) is 65.8 Å². The van der Waals surface area contributed by atoms with E-state index in [0.717, 1.165) is 28.6 Å². The van der Waals surface area contributed by atoms with Crippen LogP contribution in [-0.2, 0) is 13.0 Å². The van der Waals surface area contributed by atoms with Gasteiger partial charge in [-0.2, -0.15) is 0 Å². The maximum atomic E-state index is 5.98. The SMILES string of the molecule is CCc1ccc(NC(N)=NCc2nccc3ccccc23)cc1. The van der Waals surface area contributed by atoms with Gasteiger partial charge in [0.25, 0.3) is 0 Å². The van der Waals surface area contributed by atoms with E-state index < -0.39 is 0 Å². The van der Waals surface area contributed by atoms with E-state index in [9.17, 15) is 0 Å². The maximum absolute atomic E-state index is 5.98. The minimum atomic E-state index is 0.393. The summed E-state index contributed by atoms with van der Waals surface area (Å²) in [6.45, 7) is 2.59. The highest BCUT2D eigenvalue weighted by atomic mass is 15.1. The average molecular weight is 304 g/mol. The van der Waals surface area contributed by atoms with E-state index in [2.05, 4.69) is 46.5 Å². The summed E-state index contributed by atoms with van der Waals surface area (Å²) in [7, 11) is 0. The normalized spacial score (nSPS) is 11.6. The van der Waals surface area contributed by atoms with Crippen LogP contribution in [0.2, 0.25) is 0 Å². The van der Waals surface area contributed by atoms with Crippen molar-refractivity contribution >= 4 is 22.4 Å². The largest absolute Gasteiger partial charge is 0.370 e. The number of anilines is 1. The molecule has 4 heteroatoms. The molecule has 0 aliphatic heterocycles. The van der Waals surface area contributed by atoms with E-state index in [1.807, 2.05) is 30.3 Å². The third-order valence-corrected chi connectivity index (χ3v) is 3.79. The molecule has 0 aliphatic carbocycles. The van der Waals surface area contributed by atoms with Crippen molar-refractivity contribution in [2.75, 3.05) is 5.32 Å². The molecule has 116 valence electrons. The first-order chi connectivity index (χ1) is 11.3. The Morgan fingerprint density at radius 2 is 1.87 bits per heavy atom. The van der Waals surface area contributed by atoms with E-state index in [1.54, 1.807) is 6.20 Å². The number of nitrogens with two attached hydrogens (primary N) is 1. The Balaban J connectivity index is 1.73. The van der Waals surface area contributed by atoms with Crippen molar-refractivity contribution in [3.05, 3.63) is 72.1 Å². The lowest BCUT2D eigenvalue weighted by Crippen LogP contribution is -2.22. The topological polar surface area (TPSA) is 63.3 Å². The predicted molar refractivity (Wildman–Crippen MR) is 96.5 cm³/mol. The fraction of sp³-hybridized carbons (Fsp3) is 0.158. The Hall–Kier alpha value is -2.88. The Morgan fingerprint density at radius 3 is 2.65 bits per heavy atom. The van der Waals surface area contributed by atoms with Crippen molar-refractivity contribution < 1.29 is 0 Å². The molecule has 0 saturated carbocycles. The van der Waals surface area contributed by atoms with Gasteiger partial charge >= 0.3 is 0 Å². The molecule has 0 radical (unpaired) electrons. The Kier molecular flexibility index (Phi) is 4.52. The van der Waals surface area contributed by atoms with Crippen molar-refractivity contribution in [2.45, 2.75) is 19.9 Å². The van der Waals surface area contributed by atoms with Crippen LogP contribution in [0, 0.1) is 0 Å². The number of aliphatic imine (C=N–C) groups is 1. The number of fused-ring (bicyclic) bond motifs is 1. The van der Waals surface area contributed by atoms with Gasteiger partial charge in [0.15, 0.2) is 5.96 Å². The molecule has 2 aromatic carbocycles. The smallest absolute Gasteiger partial charge is 0.193 e. The molecule has 3 aromatic rings. The number of hydrogen-bond donors (Lipinski definition) is 2. The zero-order valence-corrected chi connectivity index (χ0v) is 13.2. The quantitative estimate of drug-likeness (QED) is 0.570. The van der Waals surface area contributed by atoms with E-state index in [1.165, 1.54) is 5.56 Å². The lowest BCUT2D eigenvalue weighted by Gasteiger charge is -2.07. The van der Waals surface area contributed by atoms with Crippen LogP contribution >= 0.6 is 0 Å². The van der Waals surface area contributed by atoms with Crippen LogP contribution in [0.1, 0.15) is 18.2 Å². The zero-order valence-electron chi connectivity index (χ0n) is 13.2. The summed E-state index contributed by atoms with van der Waals surface area (Å²) in [4.78, 5) is 8.82. The van der Waals surface area contributed by atoms with Gasteiger partial charge in [-0.3, -0.25) is 4.98 Å². The highest BCUT2D eigenvalue weighted by Crippen LogP contribution is 2.17. The van der Waals surface area contributed by atoms with Gasteiger partial charge < -0.3 is 11.1 Å². The Labute approximate surface area is 136 Å². The van der Waals surface area contributed by atoms with Gasteiger partial charge in [-0.25, -0.2) is 4.99 Å². The number of nitrogens with one attached hydrogen (secondary N) is 1. The van der Waals surface area contributed by atoms with Crippen LogP contribution in [-0.4, -0.2) is 10.9 Å². The second-order valence-corrected chi connectivity index (χ2v) is 5.36. The molecule has 0 saturated heterocycles. The average Bonchev–Trinajstić information content (AvgIpc) is 2.60. The number of aryl methyl sites for hydroxylation is 1. The van der Waals surface area contributed by atoms with Gasteiger partial charge in [0.05, 0.1) is 12.2 Å². The molecular weight excluding hydrogens is 284 g/mol. The molecule has 0 unspecified atom stereocenters. The highest BCUT2D eigenvalue weighted by molar-refractivity contribution is 5.92. The minimum absolute atomic E-state index is 0.393.